The summed E-state index contributed by atoms with van der Waals surface area (Å²) in [6, 6.07) is 0. The Balaban J connectivity index is 2.42. The molecule has 0 aliphatic rings. The maximum absolute atomic E-state index is 8.51. The van der Waals surface area contributed by atoms with E-state index in [1.807, 2.05) is 6.92 Å². The normalized spacial score (nSPS) is 10.2. The molecule has 1 aromatic rings. The summed E-state index contributed by atoms with van der Waals surface area (Å²) in [4.78, 5) is 6.99. The molecule has 0 amide bonds. The van der Waals surface area contributed by atoms with Crippen LogP contribution in [0.2, 0.25) is 0 Å². The molecule has 1 rings (SSSR count). The van der Waals surface area contributed by atoms with Crippen molar-refractivity contribution in [1.29, 1.82) is 0 Å². The maximum Gasteiger partial charge on any atom is 0.201 e. The highest BCUT2D eigenvalue weighted by Gasteiger charge is 2.00. The van der Waals surface area contributed by atoms with Gasteiger partial charge in [-0.2, -0.15) is 0 Å². The summed E-state index contributed by atoms with van der Waals surface area (Å²) in [6.45, 7) is 2.72. The fourth-order valence-corrected chi connectivity index (χ4v) is 0.843. The van der Waals surface area contributed by atoms with Gasteiger partial charge in [0.15, 0.2) is 0 Å². The van der Waals surface area contributed by atoms with Crippen LogP contribution < -0.4 is 11.1 Å². The predicted octanol–water partition coefficient (Wildman–Crippen LogP) is 0.0946. The van der Waals surface area contributed by atoms with Gasteiger partial charge in [0.2, 0.25) is 5.95 Å². The first-order valence-corrected chi connectivity index (χ1v) is 3.91. The summed E-state index contributed by atoms with van der Waals surface area (Å²) < 4.78 is 0. The van der Waals surface area contributed by atoms with Gasteiger partial charge < -0.3 is 21.1 Å². The highest BCUT2D eigenvalue weighted by molar-refractivity contribution is 5.42. The summed E-state index contributed by atoms with van der Waals surface area (Å²) in [5.74, 6) is 1.25. The number of rotatable bonds is 4. The number of nitrogen functional groups attached to an aromatic ring is 1. The van der Waals surface area contributed by atoms with E-state index < -0.39 is 0 Å². The first-order valence-electron chi connectivity index (χ1n) is 3.91. The van der Waals surface area contributed by atoms with Gasteiger partial charge in [0.05, 0.1) is 5.69 Å². The zero-order valence-electron chi connectivity index (χ0n) is 7.09. The lowest BCUT2D eigenvalue weighted by molar-refractivity contribution is 0.292. The number of imidazole rings is 1. The molecule has 0 atom stereocenters. The molecule has 0 unspecified atom stereocenters. The molecule has 68 valence electrons. The van der Waals surface area contributed by atoms with Crippen LogP contribution in [0.3, 0.4) is 0 Å². The monoisotopic (exact) mass is 170 g/mol. The van der Waals surface area contributed by atoms with Gasteiger partial charge in [-0.3, -0.25) is 0 Å². The topological polar surface area (TPSA) is 87.0 Å². The Labute approximate surface area is 71.0 Å². The first-order chi connectivity index (χ1) is 5.74. The van der Waals surface area contributed by atoms with Crippen LogP contribution in [0.25, 0.3) is 0 Å². The van der Waals surface area contributed by atoms with Crippen molar-refractivity contribution in [3.63, 3.8) is 0 Å². The van der Waals surface area contributed by atoms with Crippen LogP contribution in [0, 0.1) is 6.92 Å². The smallest absolute Gasteiger partial charge is 0.201 e. The number of nitrogens with two attached hydrogens (primary N) is 1. The predicted molar refractivity (Wildman–Crippen MR) is 47.9 cm³/mol. The van der Waals surface area contributed by atoms with Crippen molar-refractivity contribution in [3.05, 3.63) is 5.69 Å². The molecule has 0 spiro atoms. The molecular weight excluding hydrogens is 156 g/mol. The van der Waals surface area contributed by atoms with Crippen LogP contribution in [0.4, 0.5) is 11.8 Å². The number of aliphatic hydroxyl groups excluding tert-OH is 1. The van der Waals surface area contributed by atoms with Crippen molar-refractivity contribution in [3.8, 4) is 0 Å². The highest BCUT2D eigenvalue weighted by Crippen LogP contribution is 2.09. The number of hydrogen-bond donors (Lipinski definition) is 4. The van der Waals surface area contributed by atoms with Crippen LogP contribution >= 0.6 is 0 Å². The van der Waals surface area contributed by atoms with E-state index in [1.54, 1.807) is 0 Å². The average molecular weight is 170 g/mol. The van der Waals surface area contributed by atoms with E-state index in [0.29, 0.717) is 24.7 Å². The fraction of sp³-hybridized carbons (Fsp3) is 0.571. The van der Waals surface area contributed by atoms with Crippen LogP contribution in [-0.2, 0) is 0 Å². The quantitative estimate of drug-likeness (QED) is 0.482. The molecule has 5 nitrogen and oxygen atoms in total. The number of anilines is 2. The van der Waals surface area contributed by atoms with Gasteiger partial charge in [-0.25, -0.2) is 4.98 Å². The summed E-state index contributed by atoms with van der Waals surface area (Å²) >= 11 is 0. The summed E-state index contributed by atoms with van der Waals surface area (Å²) in [6.07, 6.45) is 0.708. The van der Waals surface area contributed by atoms with Crippen molar-refractivity contribution >= 4 is 11.8 Å². The molecule has 0 aliphatic heterocycles. The maximum atomic E-state index is 8.51. The number of aryl methyl sites for hydroxylation is 1. The number of aliphatic hydroxyl groups is 1. The summed E-state index contributed by atoms with van der Waals surface area (Å²) in [5, 5.41) is 11.5. The van der Waals surface area contributed by atoms with E-state index in [9.17, 15) is 0 Å². The minimum Gasteiger partial charge on any atom is -0.396 e. The van der Waals surface area contributed by atoms with Gasteiger partial charge >= 0.3 is 0 Å². The molecule has 0 radical (unpaired) electrons. The number of H-pyrrole nitrogens is 1. The molecule has 0 bridgehead atoms. The minimum atomic E-state index is 0.183. The zero-order chi connectivity index (χ0) is 8.97. The zero-order valence-corrected chi connectivity index (χ0v) is 7.09. The second-order valence-electron chi connectivity index (χ2n) is 2.59. The molecule has 5 N–H and O–H groups in total. The Morgan fingerprint density at radius 2 is 2.42 bits per heavy atom. The van der Waals surface area contributed by atoms with E-state index in [0.717, 1.165) is 5.69 Å². The van der Waals surface area contributed by atoms with Crippen molar-refractivity contribution in [2.45, 2.75) is 13.3 Å². The molecule has 1 aromatic heterocycles. The Morgan fingerprint density at radius 3 is 2.92 bits per heavy atom. The molecule has 0 aromatic carbocycles. The SMILES string of the molecule is Cc1nc(NCCCO)[nH]c1N. The van der Waals surface area contributed by atoms with Crippen molar-refractivity contribution < 1.29 is 5.11 Å². The third-order valence-corrected chi connectivity index (χ3v) is 1.55. The fourth-order valence-electron chi connectivity index (χ4n) is 0.843. The number of hydrogen-bond acceptors (Lipinski definition) is 4. The van der Waals surface area contributed by atoms with Crippen LogP contribution in [-0.4, -0.2) is 28.2 Å². The molecule has 1 heterocycles. The van der Waals surface area contributed by atoms with Gasteiger partial charge in [-0.1, -0.05) is 0 Å². The Hall–Kier alpha value is -1.23. The number of aromatic nitrogens is 2. The van der Waals surface area contributed by atoms with Gasteiger partial charge in [0.1, 0.15) is 5.82 Å². The van der Waals surface area contributed by atoms with Gasteiger partial charge in [-0.05, 0) is 13.3 Å². The lowest BCUT2D eigenvalue weighted by atomic mass is 10.4. The van der Waals surface area contributed by atoms with Gasteiger partial charge in [0, 0.05) is 13.2 Å². The molecule has 5 heteroatoms. The molecule has 0 fully saturated rings. The largest absolute Gasteiger partial charge is 0.396 e. The van der Waals surface area contributed by atoms with Crippen molar-refractivity contribution in [1.82, 2.24) is 9.97 Å². The Bertz CT molecular complexity index is 226. The lowest BCUT2D eigenvalue weighted by Gasteiger charge is -1.98. The van der Waals surface area contributed by atoms with Crippen LogP contribution in [0.5, 0.6) is 0 Å². The third-order valence-electron chi connectivity index (χ3n) is 1.55. The third kappa shape index (κ3) is 2.13. The summed E-state index contributed by atoms with van der Waals surface area (Å²) in [5.41, 5.74) is 6.33. The molecule has 0 aliphatic carbocycles. The second-order valence-corrected chi connectivity index (χ2v) is 2.59. The Kier molecular flexibility index (Phi) is 2.93. The molecular formula is C7H14N4O. The van der Waals surface area contributed by atoms with Crippen molar-refractivity contribution in [2.24, 2.45) is 0 Å². The van der Waals surface area contributed by atoms with E-state index in [1.165, 1.54) is 0 Å². The molecule has 12 heavy (non-hydrogen) atoms. The van der Waals surface area contributed by atoms with E-state index in [2.05, 4.69) is 15.3 Å². The van der Waals surface area contributed by atoms with Gasteiger partial charge in [-0.15, -0.1) is 0 Å². The standard InChI is InChI=1S/C7H14N4O/c1-5-6(8)11-7(10-5)9-3-2-4-12/h12H,2-4,8H2,1H3,(H2,9,10,11). The molecule has 0 saturated carbocycles. The highest BCUT2D eigenvalue weighted by atomic mass is 16.3. The average Bonchev–Trinajstić information content (AvgIpc) is 2.32. The van der Waals surface area contributed by atoms with Crippen LogP contribution in [0.1, 0.15) is 12.1 Å². The number of nitrogens with one attached hydrogen (secondary N) is 2. The van der Waals surface area contributed by atoms with Crippen molar-refractivity contribution in [2.75, 3.05) is 24.2 Å². The molecule has 0 saturated heterocycles. The lowest BCUT2D eigenvalue weighted by Crippen LogP contribution is -2.04. The summed E-state index contributed by atoms with van der Waals surface area (Å²) in [7, 11) is 0. The number of aromatic amines is 1. The first kappa shape index (κ1) is 8.86. The van der Waals surface area contributed by atoms with Gasteiger partial charge in [0.25, 0.3) is 0 Å². The minimum absolute atomic E-state index is 0.183. The van der Waals surface area contributed by atoms with E-state index >= 15 is 0 Å². The van der Waals surface area contributed by atoms with E-state index in [4.69, 9.17) is 10.8 Å². The van der Waals surface area contributed by atoms with Crippen LogP contribution in [0.15, 0.2) is 0 Å². The second kappa shape index (κ2) is 3.96. The Morgan fingerprint density at radius 1 is 1.67 bits per heavy atom. The van der Waals surface area contributed by atoms with E-state index in [-0.39, 0.29) is 6.61 Å². The number of nitrogens with zero attached hydrogens (tertiary/aromatic N) is 1.